The smallest absolute Gasteiger partial charge is 0.376 e. The van der Waals surface area contributed by atoms with Crippen LogP contribution in [0, 0.1) is 0 Å². The van der Waals surface area contributed by atoms with Crippen molar-refractivity contribution in [3.05, 3.63) is 18.2 Å². The molecule has 2 aromatic rings. The second-order valence-electron chi connectivity index (χ2n) is 3.61. The van der Waals surface area contributed by atoms with Gasteiger partial charge in [-0.3, -0.25) is 0 Å². The summed E-state index contributed by atoms with van der Waals surface area (Å²) in [5.41, 5.74) is 2.70. The number of benzene rings is 1. The van der Waals surface area contributed by atoms with Crippen LogP contribution < -0.4 is 10.5 Å². The number of rotatable bonds is 4. The number of alkyl halides is 4. The van der Waals surface area contributed by atoms with Gasteiger partial charge in [-0.05, 0) is 30.0 Å². The topological polar surface area (TPSA) is 81.0 Å². The van der Waals surface area contributed by atoms with Gasteiger partial charge in [0.25, 0.3) is 0 Å². The van der Waals surface area contributed by atoms with E-state index in [0.29, 0.717) is 5.52 Å². The highest BCUT2D eigenvalue weighted by Gasteiger charge is 2.40. The van der Waals surface area contributed by atoms with Gasteiger partial charge in [-0.15, -0.1) is 0 Å². The molecule has 1 unspecified atom stereocenters. The van der Waals surface area contributed by atoms with Gasteiger partial charge in [-0.25, -0.2) is 9.18 Å². The summed E-state index contributed by atoms with van der Waals surface area (Å²) in [7, 11) is 0. The van der Waals surface area contributed by atoms with E-state index in [1.807, 2.05) is 0 Å². The molecule has 1 amide bonds. The molecule has 3 N–H and O–H groups in total. The number of nitrogens with two attached hydrogens (primary N) is 1. The van der Waals surface area contributed by atoms with Crippen molar-refractivity contribution in [1.29, 1.82) is 0 Å². The molecule has 0 radical (unpaired) electrons. The number of hydrogen-bond donors (Lipinski definition) is 2. The lowest BCUT2D eigenvalue weighted by Gasteiger charge is -2.14. The van der Waals surface area contributed by atoms with Gasteiger partial charge in [0, 0.05) is 4.90 Å². The number of hydrogen-bond acceptors (Lipinski definition) is 4. The van der Waals surface area contributed by atoms with Gasteiger partial charge in [-0.1, -0.05) is 11.6 Å². The first kappa shape index (κ1) is 14.8. The van der Waals surface area contributed by atoms with Crippen molar-refractivity contribution in [1.82, 2.24) is 9.97 Å². The maximum atomic E-state index is 13.2. The zero-order valence-corrected chi connectivity index (χ0v) is 11.1. The molecule has 108 valence electrons. The van der Waals surface area contributed by atoms with Crippen LogP contribution in [-0.2, 0) is 0 Å². The zero-order valence-electron chi connectivity index (χ0n) is 9.57. The number of carbonyl (C=O) groups excluding carboxylic acids is 1. The number of fused-ring (bicyclic) bond motifs is 1. The molecule has 1 atom stereocenters. The molecule has 1 heterocycles. The number of halogens is 4. The molecule has 0 spiro atoms. The third-order valence-corrected chi connectivity index (χ3v) is 3.51. The number of ether oxygens (including phenoxy) is 1. The predicted octanol–water partition coefficient (Wildman–Crippen LogP) is 3.24. The third-order valence-electron chi connectivity index (χ3n) is 2.14. The SMILES string of the molecule is NC(=O)Oc1nc2cc(SC(F)(F)C(F)Cl)ccc2[nH]1. The number of nitrogens with one attached hydrogen (secondary N) is 1. The van der Waals surface area contributed by atoms with Crippen LogP contribution in [0.25, 0.3) is 11.0 Å². The summed E-state index contributed by atoms with van der Waals surface area (Å²) < 4.78 is 43.3. The number of imidazole rings is 1. The number of aromatic amines is 1. The molecule has 1 aromatic heterocycles. The van der Waals surface area contributed by atoms with Gasteiger partial charge in [0.1, 0.15) is 0 Å². The fourth-order valence-corrected chi connectivity index (χ4v) is 2.21. The monoisotopic (exact) mass is 325 g/mol. The summed E-state index contributed by atoms with van der Waals surface area (Å²) >= 11 is 4.73. The highest BCUT2D eigenvalue weighted by atomic mass is 35.5. The van der Waals surface area contributed by atoms with Crippen molar-refractivity contribution in [2.24, 2.45) is 5.73 Å². The number of nitrogens with zero attached hydrogens (tertiary/aromatic N) is 1. The van der Waals surface area contributed by atoms with Crippen LogP contribution in [-0.4, -0.2) is 26.9 Å². The molecular formula is C10H7ClF3N3O2S. The van der Waals surface area contributed by atoms with Gasteiger partial charge >= 0.3 is 17.4 Å². The molecule has 0 aliphatic rings. The highest BCUT2D eigenvalue weighted by molar-refractivity contribution is 8.00. The Labute approximate surface area is 119 Å². The zero-order chi connectivity index (χ0) is 14.9. The Kier molecular flexibility index (Phi) is 4.00. The van der Waals surface area contributed by atoms with E-state index in [0.717, 1.165) is 0 Å². The maximum absolute atomic E-state index is 13.2. The van der Waals surface area contributed by atoms with Crippen molar-refractivity contribution in [2.75, 3.05) is 0 Å². The second kappa shape index (κ2) is 5.41. The molecule has 0 aliphatic carbocycles. The van der Waals surface area contributed by atoms with E-state index < -0.39 is 17.0 Å². The van der Waals surface area contributed by atoms with E-state index in [-0.39, 0.29) is 28.2 Å². The normalized spacial score (nSPS) is 13.4. The number of H-pyrrole nitrogens is 1. The van der Waals surface area contributed by atoms with Crippen LogP contribution in [0.5, 0.6) is 6.01 Å². The van der Waals surface area contributed by atoms with Gasteiger partial charge in [0.2, 0.25) is 5.63 Å². The predicted molar refractivity (Wildman–Crippen MR) is 67.9 cm³/mol. The van der Waals surface area contributed by atoms with Gasteiger partial charge in [0.05, 0.1) is 11.0 Å². The molecule has 2 rings (SSSR count). The first-order valence-electron chi connectivity index (χ1n) is 5.10. The summed E-state index contributed by atoms with van der Waals surface area (Å²) in [6.45, 7) is 0. The van der Waals surface area contributed by atoms with E-state index in [9.17, 15) is 18.0 Å². The standard InChI is InChI=1S/C10H7ClF3N3O2S/c11-7(12)10(13,14)20-4-1-2-5-6(3-4)17-9(16-5)19-8(15)18/h1-3,7H,(H2,15,18)(H,16,17). The van der Waals surface area contributed by atoms with Gasteiger partial charge in [0.15, 0.2) is 0 Å². The molecular weight excluding hydrogens is 319 g/mol. The van der Waals surface area contributed by atoms with Gasteiger partial charge in [-0.2, -0.15) is 13.8 Å². The molecule has 20 heavy (non-hydrogen) atoms. The van der Waals surface area contributed by atoms with Crippen LogP contribution in [0.2, 0.25) is 0 Å². The Morgan fingerprint density at radius 2 is 2.25 bits per heavy atom. The Morgan fingerprint density at radius 3 is 2.85 bits per heavy atom. The minimum absolute atomic E-state index is 0.0346. The molecule has 0 saturated heterocycles. The summed E-state index contributed by atoms with van der Waals surface area (Å²) in [6.07, 6.45) is -1.06. The quantitative estimate of drug-likeness (QED) is 0.668. The number of carbonyl (C=O) groups is 1. The fraction of sp³-hybridized carbons (Fsp3) is 0.200. The van der Waals surface area contributed by atoms with E-state index >= 15 is 0 Å². The molecule has 5 nitrogen and oxygen atoms in total. The molecule has 0 fully saturated rings. The molecule has 1 aromatic carbocycles. The van der Waals surface area contributed by atoms with Crippen molar-refractivity contribution < 1.29 is 22.7 Å². The average molecular weight is 326 g/mol. The first-order valence-corrected chi connectivity index (χ1v) is 6.35. The second-order valence-corrected chi connectivity index (χ2v) is 5.21. The Bertz CT molecular complexity index is 650. The van der Waals surface area contributed by atoms with Crippen molar-refractivity contribution >= 4 is 40.5 Å². The molecule has 0 saturated carbocycles. The van der Waals surface area contributed by atoms with Crippen molar-refractivity contribution in [2.45, 2.75) is 15.8 Å². The van der Waals surface area contributed by atoms with E-state index in [1.54, 1.807) is 0 Å². The fourth-order valence-electron chi connectivity index (χ4n) is 1.37. The lowest BCUT2D eigenvalue weighted by Crippen LogP contribution is -2.20. The van der Waals surface area contributed by atoms with Gasteiger partial charge < -0.3 is 15.5 Å². The van der Waals surface area contributed by atoms with Crippen LogP contribution in [0.1, 0.15) is 0 Å². The van der Waals surface area contributed by atoms with Crippen molar-refractivity contribution in [3.63, 3.8) is 0 Å². The van der Waals surface area contributed by atoms with Crippen LogP contribution in [0.3, 0.4) is 0 Å². The lowest BCUT2D eigenvalue weighted by atomic mass is 10.3. The van der Waals surface area contributed by atoms with E-state index in [4.69, 9.17) is 17.3 Å². The molecule has 0 aliphatic heterocycles. The summed E-state index contributed by atoms with van der Waals surface area (Å²) in [5.74, 6) is 0. The van der Waals surface area contributed by atoms with Crippen LogP contribution in [0.4, 0.5) is 18.0 Å². The minimum atomic E-state index is -3.77. The molecule has 10 heteroatoms. The van der Waals surface area contributed by atoms with Crippen LogP contribution in [0.15, 0.2) is 23.1 Å². The maximum Gasteiger partial charge on any atom is 0.412 e. The summed E-state index contributed by atoms with van der Waals surface area (Å²) in [5, 5.41) is -3.77. The van der Waals surface area contributed by atoms with Crippen molar-refractivity contribution in [3.8, 4) is 6.01 Å². The average Bonchev–Trinajstić information content (AvgIpc) is 2.68. The number of thioether (sulfide) groups is 1. The third kappa shape index (κ3) is 3.28. The Morgan fingerprint density at radius 1 is 1.55 bits per heavy atom. The largest absolute Gasteiger partial charge is 0.412 e. The highest BCUT2D eigenvalue weighted by Crippen LogP contribution is 2.41. The Hall–Kier alpha value is -1.61. The summed E-state index contributed by atoms with van der Waals surface area (Å²) in [6, 6.07) is 3.86. The number of aromatic nitrogens is 2. The van der Waals surface area contributed by atoms with Crippen LogP contribution >= 0.6 is 23.4 Å². The van der Waals surface area contributed by atoms with E-state index in [1.165, 1.54) is 18.2 Å². The van der Waals surface area contributed by atoms with E-state index in [2.05, 4.69) is 14.7 Å². The summed E-state index contributed by atoms with van der Waals surface area (Å²) in [4.78, 5) is 17.0. The number of amides is 1. The lowest BCUT2D eigenvalue weighted by molar-refractivity contribution is 0.0537. The Balaban J connectivity index is 2.27. The first-order chi connectivity index (χ1) is 9.28. The minimum Gasteiger partial charge on any atom is -0.376 e. The molecule has 0 bridgehead atoms. The number of primary amides is 1.